The summed E-state index contributed by atoms with van der Waals surface area (Å²) in [6, 6.07) is 10.1. The highest BCUT2D eigenvalue weighted by molar-refractivity contribution is 7.14. The predicted molar refractivity (Wildman–Crippen MR) is 105 cm³/mol. The second-order valence-electron chi connectivity index (χ2n) is 6.45. The Bertz CT molecular complexity index is 839. The topological polar surface area (TPSA) is 74.6 Å². The average Bonchev–Trinajstić information content (AvgIpc) is 3.44. The number of hydrogen-bond donors (Lipinski definition) is 1. The van der Waals surface area contributed by atoms with E-state index in [1.165, 1.54) is 11.3 Å². The molecule has 142 valence electrons. The van der Waals surface area contributed by atoms with E-state index in [-0.39, 0.29) is 5.91 Å². The normalized spacial score (nSPS) is 13.3. The van der Waals surface area contributed by atoms with Crippen LogP contribution in [0.4, 0.5) is 5.00 Å². The van der Waals surface area contributed by atoms with Crippen molar-refractivity contribution in [1.29, 1.82) is 5.26 Å². The fraction of sp³-hybridized carbons (Fsp3) is 0.400. The van der Waals surface area contributed by atoms with Crippen molar-refractivity contribution in [3.63, 3.8) is 0 Å². The van der Waals surface area contributed by atoms with Crippen LogP contribution < -0.4 is 14.8 Å². The molecule has 7 heteroatoms. The Morgan fingerprint density at radius 3 is 2.81 bits per heavy atom. The predicted octanol–water partition coefficient (Wildman–Crippen LogP) is 3.63. The lowest BCUT2D eigenvalue weighted by atomic mass is 10.1. The van der Waals surface area contributed by atoms with Crippen molar-refractivity contribution in [3.8, 4) is 17.6 Å². The number of hydrogen-bond acceptors (Lipinski definition) is 6. The molecule has 0 atom stereocenters. The molecule has 1 N–H and O–H groups in total. The van der Waals surface area contributed by atoms with Crippen molar-refractivity contribution in [1.82, 2.24) is 4.90 Å². The SMILES string of the molecule is COc1ccc(OC)c(CN(CCC(=O)Nc2sccc2C#N)C2CC2)c1. The number of amides is 1. The molecule has 0 aliphatic heterocycles. The second kappa shape index (κ2) is 8.89. The fourth-order valence-electron chi connectivity index (χ4n) is 2.98. The van der Waals surface area contributed by atoms with Crippen molar-refractivity contribution in [2.24, 2.45) is 0 Å². The number of anilines is 1. The van der Waals surface area contributed by atoms with Crippen LogP contribution in [-0.4, -0.2) is 37.6 Å². The number of rotatable bonds is 9. The van der Waals surface area contributed by atoms with E-state index in [0.29, 0.717) is 36.1 Å². The first-order chi connectivity index (χ1) is 13.1. The third-order valence-corrected chi connectivity index (χ3v) is 5.42. The molecule has 1 aliphatic rings. The number of nitrogens with zero attached hydrogens (tertiary/aromatic N) is 2. The van der Waals surface area contributed by atoms with Gasteiger partial charge in [-0.1, -0.05) is 0 Å². The molecule has 1 aromatic heterocycles. The lowest BCUT2D eigenvalue weighted by molar-refractivity contribution is -0.116. The summed E-state index contributed by atoms with van der Waals surface area (Å²) in [6.07, 6.45) is 2.68. The molecule has 1 aromatic carbocycles. The molecule has 0 unspecified atom stereocenters. The standard InChI is InChI=1S/C20H23N3O3S/c1-25-17-5-6-18(26-2)15(11-17)13-23(16-3-4-16)9-7-19(24)22-20-14(12-21)8-10-27-20/h5-6,8,10-11,16H,3-4,7,9,13H2,1-2H3,(H,22,24). The number of nitrogens with one attached hydrogen (secondary N) is 1. The van der Waals surface area contributed by atoms with Gasteiger partial charge in [-0.2, -0.15) is 5.26 Å². The molecular formula is C20H23N3O3S. The summed E-state index contributed by atoms with van der Waals surface area (Å²) < 4.78 is 10.8. The van der Waals surface area contributed by atoms with E-state index < -0.39 is 0 Å². The fourth-order valence-corrected chi connectivity index (χ4v) is 3.74. The van der Waals surface area contributed by atoms with Crippen LogP contribution in [0.15, 0.2) is 29.6 Å². The maximum Gasteiger partial charge on any atom is 0.226 e. The Balaban J connectivity index is 1.62. The van der Waals surface area contributed by atoms with Crippen LogP contribution in [0.1, 0.15) is 30.4 Å². The third-order valence-electron chi connectivity index (χ3n) is 4.59. The van der Waals surface area contributed by atoms with E-state index in [1.54, 1.807) is 25.7 Å². The van der Waals surface area contributed by atoms with E-state index in [2.05, 4.69) is 16.3 Å². The van der Waals surface area contributed by atoms with Crippen LogP contribution in [0, 0.1) is 11.3 Å². The van der Waals surface area contributed by atoms with Gasteiger partial charge in [0.2, 0.25) is 5.91 Å². The van der Waals surface area contributed by atoms with Crippen molar-refractivity contribution >= 4 is 22.2 Å². The summed E-state index contributed by atoms with van der Waals surface area (Å²) in [4.78, 5) is 14.6. The third kappa shape index (κ3) is 5.00. The lowest BCUT2D eigenvalue weighted by Gasteiger charge is -2.23. The molecule has 0 bridgehead atoms. The quantitative estimate of drug-likeness (QED) is 0.713. The zero-order valence-electron chi connectivity index (χ0n) is 15.5. The van der Waals surface area contributed by atoms with Crippen molar-refractivity contribution in [3.05, 3.63) is 40.8 Å². The van der Waals surface area contributed by atoms with Gasteiger partial charge < -0.3 is 14.8 Å². The summed E-state index contributed by atoms with van der Waals surface area (Å²) in [7, 11) is 3.31. The minimum absolute atomic E-state index is 0.0720. The second-order valence-corrected chi connectivity index (χ2v) is 7.37. The smallest absolute Gasteiger partial charge is 0.226 e. The van der Waals surface area contributed by atoms with Crippen molar-refractivity contribution in [2.75, 3.05) is 26.1 Å². The number of carbonyl (C=O) groups excluding carboxylic acids is 1. The zero-order chi connectivity index (χ0) is 19.2. The lowest BCUT2D eigenvalue weighted by Crippen LogP contribution is -2.29. The monoisotopic (exact) mass is 385 g/mol. The van der Waals surface area contributed by atoms with Crippen molar-refractivity contribution in [2.45, 2.75) is 31.8 Å². The van der Waals surface area contributed by atoms with Gasteiger partial charge in [0, 0.05) is 31.1 Å². The van der Waals surface area contributed by atoms with Crippen LogP contribution >= 0.6 is 11.3 Å². The number of benzene rings is 1. The van der Waals surface area contributed by atoms with Crippen LogP contribution in [0.5, 0.6) is 11.5 Å². The highest BCUT2D eigenvalue weighted by atomic mass is 32.1. The molecule has 0 radical (unpaired) electrons. The van der Waals surface area contributed by atoms with E-state index in [0.717, 1.165) is 29.9 Å². The van der Waals surface area contributed by atoms with Gasteiger partial charge in [-0.3, -0.25) is 9.69 Å². The van der Waals surface area contributed by atoms with Gasteiger partial charge in [-0.05, 0) is 42.5 Å². The molecule has 0 saturated heterocycles. The molecule has 6 nitrogen and oxygen atoms in total. The van der Waals surface area contributed by atoms with Crippen LogP contribution in [-0.2, 0) is 11.3 Å². The van der Waals surface area contributed by atoms with Crippen LogP contribution in [0.2, 0.25) is 0 Å². The highest BCUT2D eigenvalue weighted by Crippen LogP contribution is 2.32. The molecule has 1 saturated carbocycles. The van der Waals surface area contributed by atoms with E-state index in [1.807, 2.05) is 18.2 Å². The van der Waals surface area contributed by atoms with Gasteiger partial charge >= 0.3 is 0 Å². The van der Waals surface area contributed by atoms with Gasteiger partial charge in [0.1, 0.15) is 22.6 Å². The summed E-state index contributed by atoms with van der Waals surface area (Å²) in [5, 5.41) is 14.3. The largest absolute Gasteiger partial charge is 0.497 e. The molecule has 0 spiro atoms. The maximum absolute atomic E-state index is 12.3. The summed E-state index contributed by atoms with van der Waals surface area (Å²) in [5.74, 6) is 1.54. The Hall–Kier alpha value is -2.56. The average molecular weight is 385 g/mol. The van der Waals surface area contributed by atoms with E-state index in [4.69, 9.17) is 14.7 Å². The Labute approximate surface area is 163 Å². The number of carbonyl (C=O) groups is 1. The molecular weight excluding hydrogens is 362 g/mol. The molecule has 27 heavy (non-hydrogen) atoms. The van der Waals surface area contributed by atoms with E-state index >= 15 is 0 Å². The number of nitriles is 1. The Kier molecular flexibility index (Phi) is 6.32. The Morgan fingerprint density at radius 2 is 2.15 bits per heavy atom. The first-order valence-electron chi connectivity index (χ1n) is 8.87. The van der Waals surface area contributed by atoms with Crippen LogP contribution in [0.3, 0.4) is 0 Å². The van der Waals surface area contributed by atoms with Gasteiger partial charge in [0.05, 0.1) is 19.8 Å². The number of methoxy groups -OCH3 is 2. The maximum atomic E-state index is 12.3. The first-order valence-corrected chi connectivity index (χ1v) is 9.75. The first kappa shape index (κ1) is 19.2. The molecule has 1 heterocycles. The van der Waals surface area contributed by atoms with E-state index in [9.17, 15) is 4.79 Å². The minimum atomic E-state index is -0.0720. The van der Waals surface area contributed by atoms with Crippen molar-refractivity contribution < 1.29 is 14.3 Å². The molecule has 1 amide bonds. The summed E-state index contributed by atoms with van der Waals surface area (Å²) in [6.45, 7) is 1.37. The summed E-state index contributed by atoms with van der Waals surface area (Å²) >= 11 is 1.37. The Morgan fingerprint density at radius 1 is 1.33 bits per heavy atom. The molecule has 2 aromatic rings. The van der Waals surface area contributed by atoms with Gasteiger partial charge in [0.25, 0.3) is 0 Å². The summed E-state index contributed by atoms with van der Waals surface area (Å²) in [5.41, 5.74) is 1.56. The van der Waals surface area contributed by atoms with Gasteiger partial charge in [-0.15, -0.1) is 11.3 Å². The molecule has 3 rings (SSSR count). The minimum Gasteiger partial charge on any atom is -0.497 e. The van der Waals surface area contributed by atoms with Gasteiger partial charge in [0.15, 0.2) is 0 Å². The van der Waals surface area contributed by atoms with Crippen LogP contribution in [0.25, 0.3) is 0 Å². The molecule has 1 fully saturated rings. The zero-order valence-corrected chi connectivity index (χ0v) is 16.3. The number of thiophene rings is 1. The number of ether oxygens (including phenoxy) is 2. The molecule has 1 aliphatic carbocycles. The van der Waals surface area contributed by atoms with Gasteiger partial charge in [-0.25, -0.2) is 0 Å². The highest BCUT2D eigenvalue weighted by Gasteiger charge is 2.29.